The fraction of sp³-hybridized carbons (Fsp3) is 0.333. The van der Waals surface area contributed by atoms with Crippen LogP contribution in [0, 0.1) is 0 Å². The molecule has 1 aliphatic heterocycles. The van der Waals surface area contributed by atoms with E-state index in [9.17, 15) is 4.79 Å². The van der Waals surface area contributed by atoms with Crippen LogP contribution in [-0.4, -0.2) is 42.9 Å². The van der Waals surface area contributed by atoms with Gasteiger partial charge in [-0.1, -0.05) is 41.7 Å². The molecule has 0 spiro atoms. The third-order valence-corrected chi connectivity index (χ3v) is 4.80. The lowest BCUT2D eigenvalue weighted by Crippen LogP contribution is -2.27. The van der Waals surface area contributed by atoms with E-state index in [2.05, 4.69) is 31.0 Å². The summed E-state index contributed by atoms with van der Waals surface area (Å²) in [6, 6.07) is 8.62. The highest BCUT2D eigenvalue weighted by atomic mass is 32.1. The van der Waals surface area contributed by atoms with Gasteiger partial charge in [0.05, 0.1) is 0 Å². The van der Waals surface area contributed by atoms with Crippen molar-refractivity contribution in [1.29, 1.82) is 0 Å². The molecule has 1 aromatic carbocycles. The Kier molecular flexibility index (Phi) is 4.44. The molecule has 0 radical (unpaired) electrons. The number of carbonyl (C=O) groups is 1. The molecule has 1 amide bonds. The van der Waals surface area contributed by atoms with E-state index in [1.54, 1.807) is 0 Å². The van der Waals surface area contributed by atoms with Gasteiger partial charge in [0.2, 0.25) is 5.13 Å². The van der Waals surface area contributed by atoms with Crippen molar-refractivity contribution in [2.45, 2.75) is 25.0 Å². The molecule has 3 heterocycles. The number of rotatable bonds is 5. The van der Waals surface area contributed by atoms with Crippen LogP contribution in [0.5, 0.6) is 0 Å². The van der Waals surface area contributed by atoms with E-state index < -0.39 is 6.04 Å². The number of aromatic nitrogens is 6. The van der Waals surface area contributed by atoms with E-state index in [-0.39, 0.29) is 12.0 Å². The van der Waals surface area contributed by atoms with E-state index in [0.29, 0.717) is 5.13 Å². The summed E-state index contributed by atoms with van der Waals surface area (Å²) in [5.41, 5.74) is 0.774. The SMILES string of the molecule is O=C(Nc1nnc([C@@H]2CCCO2)s1)[C@H](c1ccccc1)n1cnnn1. The summed E-state index contributed by atoms with van der Waals surface area (Å²) < 4.78 is 7.01. The predicted molar refractivity (Wildman–Crippen MR) is 88.9 cm³/mol. The molecule has 1 aliphatic rings. The maximum Gasteiger partial charge on any atom is 0.255 e. The van der Waals surface area contributed by atoms with Gasteiger partial charge < -0.3 is 4.74 Å². The zero-order valence-electron chi connectivity index (χ0n) is 13.1. The van der Waals surface area contributed by atoms with Crippen LogP contribution in [0.25, 0.3) is 0 Å². The quantitative estimate of drug-likeness (QED) is 0.739. The van der Waals surface area contributed by atoms with Gasteiger partial charge in [-0.15, -0.1) is 15.3 Å². The molecule has 1 N–H and O–H groups in total. The summed E-state index contributed by atoms with van der Waals surface area (Å²) in [6.45, 7) is 0.737. The molecule has 0 aliphatic carbocycles. The lowest BCUT2D eigenvalue weighted by molar-refractivity contribution is -0.118. The summed E-state index contributed by atoms with van der Waals surface area (Å²) in [5, 5.41) is 23.3. The van der Waals surface area contributed by atoms with Crippen LogP contribution in [0.4, 0.5) is 5.13 Å². The van der Waals surface area contributed by atoms with Gasteiger partial charge in [-0.05, 0) is 28.8 Å². The smallest absolute Gasteiger partial charge is 0.255 e. The van der Waals surface area contributed by atoms with Crippen LogP contribution in [0.3, 0.4) is 0 Å². The first-order valence-electron chi connectivity index (χ1n) is 7.84. The number of amides is 1. The molecule has 4 rings (SSSR count). The normalized spacial score (nSPS) is 18.2. The van der Waals surface area contributed by atoms with Crippen LogP contribution in [-0.2, 0) is 9.53 Å². The molecular formula is C15H15N7O2S. The number of benzene rings is 1. The molecule has 0 bridgehead atoms. The molecule has 25 heavy (non-hydrogen) atoms. The number of hydrogen-bond donors (Lipinski definition) is 1. The summed E-state index contributed by atoms with van der Waals surface area (Å²) in [4.78, 5) is 12.8. The average Bonchev–Trinajstić information content (AvgIpc) is 3.38. The summed E-state index contributed by atoms with van der Waals surface area (Å²) in [7, 11) is 0. The lowest BCUT2D eigenvalue weighted by Gasteiger charge is -2.15. The first kappa shape index (κ1) is 15.8. The van der Waals surface area contributed by atoms with E-state index in [1.807, 2.05) is 30.3 Å². The third kappa shape index (κ3) is 3.39. The highest BCUT2D eigenvalue weighted by molar-refractivity contribution is 7.15. The van der Waals surface area contributed by atoms with Crippen molar-refractivity contribution in [2.75, 3.05) is 11.9 Å². The van der Waals surface area contributed by atoms with Crippen molar-refractivity contribution in [3.63, 3.8) is 0 Å². The first-order chi connectivity index (χ1) is 12.3. The molecule has 2 aromatic heterocycles. The highest BCUT2D eigenvalue weighted by Crippen LogP contribution is 2.32. The highest BCUT2D eigenvalue weighted by Gasteiger charge is 2.26. The number of tetrazole rings is 1. The van der Waals surface area contributed by atoms with Crippen LogP contribution in [0.2, 0.25) is 0 Å². The van der Waals surface area contributed by atoms with Gasteiger partial charge in [0, 0.05) is 6.61 Å². The number of ether oxygens (including phenoxy) is 1. The van der Waals surface area contributed by atoms with Crippen LogP contribution >= 0.6 is 11.3 Å². The van der Waals surface area contributed by atoms with Crippen molar-refractivity contribution in [1.82, 2.24) is 30.4 Å². The number of carbonyl (C=O) groups excluding carboxylic acids is 1. The van der Waals surface area contributed by atoms with Gasteiger partial charge in [0.1, 0.15) is 17.4 Å². The van der Waals surface area contributed by atoms with Crippen molar-refractivity contribution >= 4 is 22.4 Å². The van der Waals surface area contributed by atoms with E-state index in [0.717, 1.165) is 30.0 Å². The van der Waals surface area contributed by atoms with Gasteiger partial charge >= 0.3 is 0 Å². The second-order valence-corrected chi connectivity index (χ2v) is 6.55. The minimum atomic E-state index is -0.689. The third-order valence-electron chi connectivity index (χ3n) is 3.87. The van der Waals surface area contributed by atoms with Crippen LogP contribution in [0.1, 0.15) is 35.6 Å². The Labute approximate surface area is 147 Å². The Hall–Kier alpha value is -2.72. The van der Waals surface area contributed by atoms with Crippen molar-refractivity contribution < 1.29 is 9.53 Å². The van der Waals surface area contributed by atoms with Crippen LogP contribution in [0.15, 0.2) is 36.7 Å². The summed E-state index contributed by atoms with van der Waals surface area (Å²) >= 11 is 1.33. The van der Waals surface area contributed by atoms with Crippen LogP contribution < -0.4 is 5.32 Å². The Balaban J connectivity index is 1.55. The maximum atomic E-state index is 12.8. The molecule has 128 valence electrons. The number of hydrogen-bond acceptors (Lipinski definition) is 8. The molecule has 9 nitrogen and oxygen atoms in total. The van der Waals surface area contributed by atoms with E-state index >= 15 is 0 Å². The van der Waals surface area contributed by atoms with Gasteiger partial charge in [-0.25, -0.2) is 4.68 Å². The topological polar surface area (TPSA) is 108 Å². The van der Waals surface area contributed by atoms with Gasteiger partial charge in [-0.3, -0.25) is 10.1 Å². The van der Waals surface area contributed by atoms with Gasteiger partial charge in [0.15, 0.2) is 6.04 Å². The van der Waals surface area contributed by atoms with Crippen molar-refractivity contribution in [2.24, 2.45) is 0 Å². The van der Waals surface area contributed by atoms with E-state index in [1.165, 1.54) is 22.3 Å². The van der Waals surface area contributed by atoms with Gasteiger partial charge in [-0.2, -0.15) is 0 Å². The Bertz CT molecular complexity index is 831. The minimum absolute atomic E-state index is 0.0208. The predicted octanol–water partition coefficient (Wildman–Crippen LogP) is 1.60. The molecule has 0 unspecified atom stereocenters. The lowest BCUT2D eigenvalue weighted by atomic mass is 10.1. The molecule has 1 fully saturated rings. The van der Waals surface area contributed by atoms with Crippen molar-refractivity contribution in [3.8, 4) is 0 Å². The fourth-order valence-electron chi connectivity index (χ4n) is 2.71. The summed E-state index contributed by atoms with van der Waals surface area (Å²) in [6.07, 6.45) is 3.34. The number of nitrogens with zero attached hydrogens (tertiary/aromatic N) is 6. The maximum absolute atomic E-state index is 12.8. The molecule has 0 saturated carbocycles. The second-order valence-electron chi connectivity index (χ2n) is 5.54. The first-order valence-corrected chi connectivity index (χ1v) is 8.66. The molecule has 10 heteroatoms. The Morgan fingerprint density at radius 2 is 2.20 bits per heavy atom. The zero-order valence-corrected chi connectivity index (χ0v) is 14.0. The number of nitrogens with one attached hydrogen (secondary N) is 1. The molecule has 2 atom stereocenters. The monoisotopic (exact) mass is 357 g/mol. The Morgan fingerprint density at radius 3 is 2.92 bits per heavy atom. The van der Waals surface area contributed by atoms with Crippen molar-refractivity contribution in [3.05, 3.63) is 47.2 Å². The Morgan fingerprint density at radius 1 is 1.32 bits per heavy atom. The fourth-order valence-corrected chi connectivity index (χ4v) is 3.54. The summed E-state index contributed by atoms with van der Waals surface area (Å²) in [5.74, 6) is -0.284. The minimum Gasteiger partial charge on any atom is -0.371 e. The van der Waals surface area contributed by atoms with E-state index in [4.69, 9.17) is 4.74 Å². The van der Waals surface area contributed by atoms with Gasteiger partial charge in [0.25, 0.3) is 5.91 Å². The standard InChI is InChI=1S/C15H15N7O2S/c23-13(17-15-19-18-14(25-15)11-7-4-8-24-11)12(22-9-16-20-21-22)10-5-2-1-3-6-10/h1-3,5-6,9,11-12H,4,7-8H2,(H,17,19,23)/t11-,12-/m0/s1. The average molecular weight is 357 g/mol. The molecular weight excluding hydrogens is 342 g/mol. The largest absolute Gasteiger partial charge is 0.371 e. The zero-order chi connectivity index (χ0) is 17.1. The second kappa shape index (κ2) is 7.03. The molecule has 1 saturated heterocycles. The molecule has 3 aromatic rings. The number of anilines is 1.